The molecular formula is C76H50N4. The normalized spacial score (nSPS) is 11.8. The summed E-state index contributed by atoms with van der Waals surface area (Å²) in [6.07, 6.45) is 0. The second kappa shape index (κ2) is 18.5. The van der Waals surface area contributed by atoms with Crippen LogP contribution in [-0.2, 0) is 0 Å². The molecule has 14 aromatic carbocycles. The first-order valence-corrected chi connectivity index (χ1v) is 27.5. The fourth-order valence-electron chi connectivity index (χ4n) is 12.8. The number of nitrogens with zero attached hydrogens (tertiary/aromatic N) is 4. The van der Waals surface area contributed by atoms with Gasteiger partial charge in [-0.25, -0.2) is 0 Å². The second-order valence-electron chi connectivity index (χ2n) is 20.9. The molecule has 0 spiro atoms. The first-order chi connectivity index (χ1) is 39.7. The van der Waals surface area contributed by atoms with Gasteiger partial charge < -0.3 is 18.9 Å². The quantitative estimate of drug-likeness (QED) is 0.127. The third kappa shape index (κ3) is 7.31. The predicted molar refractivity (Wildman–Crippen MR) is 339 cm³/mol. The molecular weight excluding hydrogens is 969 g/mol. The maximum Gasteiger partial charge on any atom is 0.0541 e. The molecule has 0 radical (unpaired) electrons. The van der Waals surface area contributed by atoms with Gasteiger partial charge in [0.2, 0.25) is 0 Å². The molecule has 2 heterocycles. The Balaban J connectivity index is 0.830. The molecule has 2 aromatic heterocycles. The van der Waals surface area contributed by atoms with Crippen LogP contribution in [-0.4, -0.2) is 9.13 Å². The summed E-state index contributed by atoms with van der Waals surface area (Å²) < 4.78 is 4.76. The molecule has 16 aromatic rings. The molecule has 0 amide bonds. The van der Waals surface area contributed by atoms with E-state index in [9.17, 15) is 0 Å². The van der Waals surface area contributed by atoms with Crippen molar-refractivity contribution in [2.45, 2.75) is 0 Å². The van der Waals surface area contributed by atoms with Crippen LogP contribution in [0.2, 0.25) is 0 Å². The number of fused-ring (bicyclic) bond motifs is 6. The first kappa shape index (κ1) is 45.5. The van der Waals surface area contributed by atoms with Gasteiger partial charge >= 0.3 is 0 Å². The number of benzene rings is 14. The van der Waals surface area contributed by atoms with Gasteiger partial charge in [0, 0.05) is 66.4 Å². The third-order valence-corrected chi connectivity index (χ3v) is 16.4. The maximum atomic E-state index is 2.44. The summed E-state index contributed by atoms with van der Waals surface area (Å²) in [7, 11) is 0. The van der Waals surface area contributed by atoms with Crippen LogP contribution in [0.4, 0.5) is 34.1 Å². The SMILES string of the molecule is c1ccc(N(c2cccc(-c3ccc4c(c3)c3ccccc3n4-c3ccccc3)c2)c2ccc3ccc4c(N(c5ccccc5)c5cccc(-c6ccc7c(c6)c6ccccc6n7-c6ccccc6)c5)ccc5ccc2c3c54)cc1. The Morgan fingerprint density at radius 2 is 0.562 bits per heavy atom. The van der Waals surface area contributed by atoms with E-state index < -0.39 is 0 Å². The van der Waals surface area contributed by atoms with Gasteiger partial charge in [0.1, 0.15) is 0 Å². The lowest BCUT2D eigenvalue weighted by Gasteiger charge is -2.29. The summed E-state index contributed by atoms with van der Waals surface area (Å²) >= 11 is 0. The Labute approximate surface area is 463 Å². The van der Waals surface area contributed by atoms with Gasteiger partial charge in [-0.2, -0.15) is 0 Å². The van der Waals surface area contributed by atoms with E-state index in [-0.39, 0.29) is 0 Å². The first-order valence-electron chi connectivity index (χ1n) is 27.5. The fraction of sp³-hybridized carbons (Fsp3) is 0. The number of aromatic nitrogens is 2. The van der Waals surface area contributed by atoms with Crippen molar-refractivity contribution in [2.24, 2.45) is 0 Å². The standard InChI is InChI=1S/C76H50N4/c1-5-21-57(22-6-1)77(61-29-17-19-53(47-61)55-39-45-73-67(49-55)63-31-13-15-33-69(63)79(73)59-25-9-3-10-26-59)71-43-37-51-36-42-66-72(44-38-52-35-41-65(71)75(51)76(52)66)78(58-23-7-2-8-24-58)62-30-18-20-54(48-62)56-40-46-74-68(50-56)64-32-14-16-34-70(64)80(74)60-27-11-4-12-28-60/h1-50H. The van der Waals surface area contributed by atoms with Crippen molar-refractivity contribution in [3.05, 3.63) is 303 Å². The largest absolute Gasteiger partial charge is 0.310 e. The highest BCUT2D eigenvalue weighted by atomic mass is 15.2. The van der Waals surface area contributed by atoms with Crippen LogP contribution in [0.5, 0.6) is 0 Å². The van der Waals surface area contributed by atoms with Gasteiger partial charge in [0.05, 0.1) is 33.4 Å². The average molecular weight is 1020 g/mol. The third-order valence-electron chi connectivity index (χ3n) is 16.4. The topological polar surface area (TPSA) is 16.3 Å². The Kier molecular flexibility index (Phi) is 10.5. The van der Waals surface area contributed by atoms with Crippen molar-refractivity contribution < 1.29 is 0 Å². The molecule has 0 atom stereocenters. The van der Waals surface area contributed by atoms with Crippen molar-refractivity contribution >= 4 is 110 Å². The molecule has 0 bridgehead atoms. The zero-order valence-electron chi connectivity index (χ0n) is 43.7. The molecule has 0 fully saturated rings. The van der Waals surface area contributed by atoms with Crippen LogP contribution in [0.1, 0.15) is 0 Å². The Bertz CT molecular complexity index is 4680. The van der Waals surface area contributed by atoms with E-state index in [0.717, 1.165) is 56.6 Å². The highest BCUT2D eigenvalue weighted by molar-refractivity contribution is 6.28. The molecule has 4 nitrogen and oxygen atoms in total. The van der Waals surface area contributed by atoms with E-state index in [1.165, 1.54) is 87.1 Å². The molecule has 0 saturated heterocycles. The molecule has 80 heavy (non-hydrogen) atoms. The molecule has 0 aliphatic carbocycles. The molecule has 0 aliphatic rings. The van der Waals surface area contributed by atoms with Crippen LogP contribution in [0.15, 0.2) is 303 Å². The number of hydrogen-bond donors (Lipinski definition) is 0. The molecule has 374 valence electrons. The van der Waals surface area contributed by atoms with Gasteiger partial charge in [-0.05, 0) is 165 Å². The number of rotatable bonds is 10. The molecule has 0 saturated carbocycles. The summed E-state index contributed by atoms with van der Waals surface area (Å²) in [5, 5.41) is 12.3. The monoisotopic (exact) mass is 1020 g/mol. The molecule has 0 N–H and O–H groups in total. The van der Waals surface area contributed by atoms with Gasteiger partial charge in [-0.3, -0.25) is 0 Å². The minimum Gasteiger partial charge on any atom is -0.310 e. The highest BCUT2D eigenvalue weighted by Crippen LogP contribution is 2.49. The number of para-hydroxylation sites is 6. The van der Waals surface area contributed by atoms with Crippen molar-refractivity contribution in [1.29, 1.82) is 0 Å². The van der Waals surface area contributed by atoms with Gasteiger partial charge in [-0.1, -0.05) is 182 Å². The zero-order chi connectivity index (χ0) is 52.7. The number of hydrogen-bond acceptors (Lipinski definition) is 2. The second-order valence-corrected chi connectivity index (χ2v) is 20.9. The fourth-order valence-corrected chi connectivity index (χ4v) is 12.8. The van der Waals surface area contributed by atoms with Crippen molar-refractivity contribution in [3.8, 4) is 33.6 Å². The lowest BCUT2D eigenvalue weighted by atomic mass is 9.91. The zero-order valence-corrected chi connectivity index (χ0v) is 43.7. The van der Waals surface area contributed by atoms with Crippen LogP contribution in [0.25, 0.3) is 110 Å². The maximum absolute atomic E-state index is 2.44. The summed E-state index contributed by atoms with van der Waals surface area (Å²) in [6.45, 7) is 0. The minimum atomic E-state index is 1.09. The van der Waals surface area contributed by atoms with Crippen LogP contribution < -0.4 is 9.80 Å². The van der Waals surface area contributed by atoms with E-state index in [4.69, 9.17) is 0 Å². The smallest absolute Gasteiger partial charge is 0.0541 e. The lowest BCUT2D eigenvalue weighted by molar-refractivity contribution is 1.18. The van der Waals surface area contributed by atoms with Gasteiger partial charge in [-0.15, -0.1) is 0 Å². The summed E-state index contributed by atoms with van der Waals surface area (Å²) in [4.78, 5) is 4.88. The van der Waals surface area contributed by atoms with E-state index in [0.29, 0.717) is 0 Å². The lowest BCUT2D eigenvalue weighted by Crippen LogP contribution is -2.11. The average Bonchev–Trinajstić information content (AvgIpc) is 4.12. The molecule has 4 heteroatoms. The van der Waals surface area contributed by atoms with Crippen molar-refractivity contribution in [3.63, 3.8) is 0 Å². The van der Waals surface area contributed by atoms with E-state index in [2.05, 4.69) is 322 Å². The molecule has 16 rings (SSSR count). The van der Waals surface area contributed by atoms with Crippen molar-refractivity contribution in [1.82, 2.24) is 9.13 Å². The molecule has 0 aliphatic heterocycles. The summed E-state index contributed by atoms with van der Waals surface area (Å²) in [6, 6.07) is 111. The minimum absolute atomic E-state index is 1.09. The summed E-state index contributed by atoms with van der Waals surface area (Å²) in [5.41, 5.74) is 18.4. The van der Waals surface area contributed by atoms with Crippen LogP contribution in [0.3, 0.4) is 0 Å². The van der Waals surface area contributed by atoms with Crippen LogP contribution in [0, 0.1) is 0 Å². The predicted octanol–water partition coefficient (Wildman–Crippen LogP) is 21.1. The summed E-state index contributed by atoms with van der Waals surface area (Å²) in [5.74, 6) is 0. The van der Waals surface area contributed by atoms with E-state index in [1.807, 2.05) is 0 Å². The van der Waals surface area contributed by atoms with Crippen molar-refractivity contribution in [2.75, 3.05) is 9.80 Å². The van der Waals surface area contributed by atoms with Gasteiger partial charge in [0.25, 0.3) is 0 Å². The Morgan fingerprint density at radius 1 is 0.212 bits per heavy atom. The van der Waals surface area contributed by atoms with E-state index in [1.54, 1.807) is 0 Å². The molecule has 0 unspecified atom stereocenters. The van der Waals surface area contributed by atoms with Gasteiger partial charge in [0.15, 0.2) is 0 Å². The van der Waals surface area contributed by atoms with Crippen LogP contribution >= 0.6 is 0 Å². The Morgan fingerprint density at radius 3 is 1.00 bits per heavy atom. The highest BCUT2D eigenvalue weighted by Gasteiger charge is 2.23. The number of anilines is 6. The van der Waals surface area contributed by atoms with E-state index >= 15 is 0 Å². The Hall–Kier alpha value is -10.7.